The van der Waals surface area contributed by atoms with Crippen LogP contribution in [-0.4, -0.2) is 0 Å². The quantitative estimate of drug-likeness (QED) is 0.357. The lowest BCUT2D eigenvalue weighted by Gasteiger charge is -2.12. The average Bonchev–Trinajstić information content (AvgIpc) is 2.37. The molecule has 19 heavy (non-hydrogen) atoms. The van der Waals surface area contributed by atoms with Gasteiger partial charge in [0.05, 0.1) is 9.50 Å². The first-order chi connectivity index (χ1) is 9.01. The fourth-order valence-electron chi connectivity index (χ4n) is 1.45. The van der Waals surface area contributed by atoms with Crippen molar-refractivity contribution in [2.45, 2.75) is 5.33 Å². The molecule has 0 fully saturated rings. The van der Waals surface area contributed by atoms with E-state index in [-0.39, 0.29) is 5.02 Å². The highest BCUT2D eigenvalue weighted by Gasteiger charge is 2.11. The molecule has 0 atom stereocenters. The summed E-state index contributed by atoms with van der Waals surface area (Å²) in [5.41, 5.74) is 0.955. The molecule has 6 heteroatoms. The molecule has 0 aliphatic heterocycles. The standard InChI is InChI=1S/C13H7Br3ClFO/c14-6-7-3-8(15)1-2-12(7)19-13-5-11(18)10(17)4-9(13)16/h1-5H,6H2. The summed E-state index contributed by atoms with van der Waals surface area (Å²) in [6.45, 7) is 0. The normalized spacial score (nSPS) is 10.6. The predicted octanol–water partition coefficient (Wildman–Crippen LogP) is 6.69. The highest BCUT2D eigenvalue weighted by atomic mass is 79.9. The van der Waals surface area contributed by atoms with Crippen molar-refractivity contribution in [2.75, 3.05) is 0 Å². The summed E-state index contributed by atoms with van der Waals surface area (Å²) in [5, 5.41) is 0.686. The zero-order chi connectivity index (χ0) is 14.0. The van der Waals surface area contributed by atoms with Gasteiger partial charge < -0.3 is 4.74 Å². The van der Waals surface area contributed by atoms with E-state index in [1.165, 1.54) is 12.1 Å². The first-order valence-corrected chi connectivity index (χ1v) is 8.26. The third-order valence-electron chi connectivity index (χ3n) is 2.36. The monoisotopic (exact) mass is 470 g/mol. The zero-order valence-electron chi connectivity index (χ0n) is 9.39. The Labute approximate surface area is 140 Å². The van der Waals surface area contributed by atoms with E-state index in [2.05, 4.69) is 47.8 Å². The van der Waals surface area contributed by atoms with Gasteiger partial charge in [-0.15, -0.1) is 0 Å². The Hall–Kier alpha value is -0.100. The van der Waals surface area contributed by atoms with Crippen LogP contribution in [0.2, 0.25) is 5.02 Å². The largest absolute Gasteiger partial charge is 0.456 e. The minimum atomic E-state index is -0.516. The third-order valence-corrected chi connectivity index (χ3v) is 4.37. The number of hydrogen-bond acceptors (Lipinski definition) is 1. The minimum Gasteiger partial charge on any atom is -0.456 e. The van der Waals surface area contributed by atoms with Gasteiger partial charge in [-0.2, -0.15) is 0 Å². The van der Waals surface area contributed by atoms with Gasteiger partial charge in [0.25, 0.3) is 0 Å². The molecule has 0 amide bonds. The molecule has 0 bridgehead atoms. The second-order valence-corrected chi connectivity index (χ2v) is 6.42. The van der Waals surface area contributed by atoms with Crippen LogP contribution in [-0.2, 0) is 5.33 Å². The zero-order valence-corrected chi connectivity index (χ0v) is 14.9. The molecular formula is C13H7Br3ClFO. The Morgan fingerprint density at radius 2 is 1.84 bits per heavy atom. The van der Waals surface area contributed by atoms with Crippen LogP contribution in [0.5, 0.6) is 11.5 Å². The Bertz CT molecular complexity index is 619. The summed E-state index contributed by atoms with van der Waals surface area (Å²) >= 11 is 15.8. The first-order valence-electron chi connectivity index (χ1n) is 5.18. The molecule has 1 nitrogen and oxygen atoms in total. The summed E-state index contributed by atoms with van der Waals surface area (Å²) in [7, 11) is 0. The van der Waals surface area contributed by atoms with Gasteiger partial charge in [0.2, 0.25) is 0 Å². The van der Waals surface area contributed by atoms with E-state index in [4.69, 9.17) is 16.3 Å². The van der Waals surface area contributed by atoms with Crippen LogP contribution < -0.4 is 4.74 Å². The molecule has 0 aromatic heterocycles. The molecule has 0 heterocycles. The molecule has 0 radical (unpaired) electrons. The lowest BCUT2D eigenvalue weighted by Crippen LogP contribution is -1.92. The Morgan fingerprint density at radius 3 is 2.53 bits per heavy atom. The van der Waals surface area contributed by atoms with Gasteiger partial charge >= 0.3 is 0 Å². The number of rotatable bonds is 3. The maximum atomic E-state index is 13.5. The number of benzene rings is 2. The summed E-state index contributed by atoms with van der Waals surface area (Å²) in [5.74, 6) is 0.520. The first kappa shape index (κ1) is 15.3. The summed E-state index contributed by atoms with van der Waals surface area (Å²) < 4.78 is 20.7. The van der Waals surface area contributed by atoms with E-state index in [0.717, 1.165) is 10.0 Å². The van der Waals surface area contributed by atoms with Gasteiger partial charge in [0, 0.05) is 21.4 Å². The molecule has 0 unspecified atom stereocenters. The Kier molecular flexibility index (Phi) is 5.29. The lowest BCUT2D eigenvalue weighted by atomic mass is 10.2. The average molecular weight is 473 g/mol. The fraction of sp³-hybridized carbons (Fsp3) is 0.0769. The summed E-state index contributed by atoms with van der Waals surface area (Å²) in [4.78, 5) is 0. The SMILES string of the molecule is Fc1cc(Oc2ccc(Br)cc2CBr)c(Br)cc1Cl. The van der Waals surface area contributed by atoms with Gasteiger partial charge in [-0.25, -0.2) is 4.39 Å². The predicted molar refractivity (Wildman–Crippen MR) is 86.0 cm³/mol. The van der Waals surface area contributed by atoms with Gasteiger partial charge in [-0.05, 0) is 40.2 Å². The molecule has 0 N–H and O–H groups in total. The molecule has 0 saturated carbocycles. The molecule has 2 rings (SSSR count). The molecule has 2 aromatic carbocycles. The maximum absolute atomic E-state index is 13.5. The molecule has 0 aliphatic rings. The van der Waals surface area contributed by atoms with Crippen molar-refractivity contribution < 1.29 is 9.13 Å². The smallest absolute Gasteiger partial charge is 0.145 e. The van der Waals surface area contributed by atoms with Crippen LogP contribution in [0.25, 0.3) is 0 Å². The lowest BCUT2D eigenvalue weighted by molar-refractivity contribution is 0.470. The Morgan fingerprint density at radius 1 is 1.11 bits per heavy atom. The van der Waals surface area contributed by atoms with Crippen LogP contribution in [0.3, 0.4) is 0 Å². The van der Waals surface area contributed by atoms with Crippen molar-refractivity contribution in [2.24, 2.45) is 0 Å². The highest BCUT2D eigenvalue weighted by molar-refractivity contribution is 9.11. The number of halogens is 5. The molecule has 100 valence electrons. The minimum absolute atomic E-state index is 0.0516. The molecule has 0 aliphatic carbocycles. The molecule has 0 spiro atoms. The van der Waals surface area contributed by atoms with Crippen LogP contribution in [0.4, 0.5) is 4.39 Å². The van der Waals surface area contributed by atoms with Crippen LogP contribution in [0.15, 0.2) is 39.3 Å². The Balaban J connectivity index is 2.39. The van der Waals surface area contributed by atoms with E-state index in [1.807, 2.05) is 18.2 Å². The van der Waals surface area contributed by atoms with Crippen LogP contribution in [0, 0.1) is 5.82 Å². The second-order valence-electron chi connectivity index (χ2n) is 3.68. The van der Waals surface area contributed by atoms with E-state index in [9.17, 15) is 4.39 Å². The number of alkyl halides is 1. The molecular weight excluding hydrogens is 466 g/mol. The van der Waals surface area contributed by atoms with Crippen molar-refractivity contribution in [1.29, 1.82) is 0 Å². The second kappa shape index (κ2) is 6.57. The molecule has 0 saturated heterocycles. The van der Waals surface area contributed by atoms with Crippen molar-refractivity contribution in [1.82, 2.24) is 0 Å². The maximum Gasteiger partial charge on any atom is 0.145 e. The van der Waals surface area contributed by atoms with E-state index in [1.54, 1.807) is 0 Å². The van der Waals surface area contributed by atoms with Crippen molar-refractivity contribution >= 4 is 59.4 Å². The van der Waals surface area contributed by atoms with Gasteiger partial charge in [-0.3, -0.25) is 0 Å². The van der Waals surface area contributed by atoms with Crippen molar-refractivity contribution in [3.8, 4) is 11.5 Å². The summed E-state index contributed by atoms with van der Waals surface area (Å²) in [6.07, 6.45) is 0. The highest BCUT2D eigenvalue weighted by Crippen LogP contribution is 2.36. The van der Waals surface area contributed by atoms with Crippen molar-refractivity contribution in [3.05, 3.63) is 55.7 Å². The molecule has 2 aromatic rings. The topological polar surface area (TPSA) is 9.23 Å². The van der Waals surface area contributed by atoms with E-state index in [0.29, 0.717) is 21.3 Å². The van der Waals surface area contributed by atoms with Crippen LogP contribution >= 0.6 is 59.4 Å². The van der Waals surface area contributed by atoms with Crippen LogP contribution in [0.1, 0.15) is 5.56 Å². The number of ether oxygens (including phenoxy) is 1. The van der Waals surface area contributed by atoms with Gasteiger partial charge in [0.1, 0.15) is 17.3 Å². The number of hydrogen-bond donors (Lipinski definition) is 0. The van der Waals surface area contributed by atoms with E-state index < -0.39 is 5.82 Å². The fourth-order valence-corrected chi connectivity index (χ4v) is 3.02. The van der Waals surface area contributed by atoms with E-state index >= 15 is 0 Å². The third kappa shape index (κ3) is 3.72. The van der Waals surface area contributed by atoms with Crippen molar-refractivity contribution in [3.63, 3.8) is 0 Å². The van der Waals surface area contributed by atoms with Gasteiger partial charge in [-0.1, -0.05) is 43.5 Å². The summed E-state index contributed by atoms with van der Waals surface area (Å²) in [6, 6.07) is 8.34. The van der Waals surface area contributed by atoms with Gasteiger partial charge in [0.15, 0.2) is 0 Å².